The van der Waals surface area contributed by atoms with Gasteiger partial charge in [0.15, 0.2) is 0 Å². The van der Waals surface area contributed by atoms with Crippen LogP contribution in [0.4, 0.5) is 5.82 Å². The van der Waals surface area contributed by atoms with Gasteiger partial charge in [0, 0.05) is 18.0 Å². The maximum Gasteiger partial charge on any atom is 0.225 e. The molecule has 0 saturated carbocycles. The number of halogens is 1. The zero-order valence-electron chi connectivity index (χ0n) is 9.74. The predicted octanol–water partition coefficient (Wildman–Crippen LogP) is 3.51. The van der Waals surface area contributed by atoms with Gasteiger partial charge in [0.05, 0.1) is 5.39 Å². The van der Waals surface area contributed by atoms with Crippen molar-refractivity contribution in [2.45, 2.75) is 26.2 Å². The van der Waals surface area contributed by atoms with Crippen LogP contribution in [0.15, 0.2) is 6.07 Å². The van der Waals surface area contributed by atoms with Crippen molar-refractivity contribution >= 4 is 39.0 Å². The van der Waals surface area contributed by atoms with Crippen LogP contribution in [0.5, 0.6) is 0 Å². The highest BCUT2D eigenvalue weighted by molar-refractivity contribution is 7.18. The van der Waals surface area contributed by atoms with Crippen LogP contribution in [-0.2, 0) is 6.42 Å². The summed E-state index contributed by atoms with van der Waals surface area (Å²) < 4.78 is 0. The van der Waals surface area contributed by atoms with Gasteiger partial charge in [0.1, 0.15) is 10.6 Å². The fourth-order valence-electron chi connectivity index (χ4n) is 2.28. The van der Waals surface area contributed by atoms with Crippen LogP contribution in [0, 0.1) is 0 Å². The first kappa shape index (κ1) is 11.2. The second-order valence-corrected chi connectivity index (χ2v) is 5.75. The molecular formula is C12H14ClN3S. The maximum absolute atomic E-state index is 6.01. The third-order valence-electron chi connectivity index (χ3n) is 3.15. The molecule has 17 heavy (non-hydrogen) atoms. The molecule has 90 valence electrons. The molecule has 1 aliphatic rings. The highest BCUT2D eigenvalue weighted by Gasteiger charge is 2.19. The summed E-state index contributed by atoms with van der Waals surface area (Å²) in [6, 6.07) is 2.21. The van der Waals surface area contributed by atoms with E-state index in [9.17, 15) is 0 Å². The van der Waals surface area contributed by atoms with Gasteiger partial charge in [-0.05, 0) is 36.9 Å². The summed E-state index contributed by atoms with van der Waals surface area (Å²) in [5, 5.41) is 1.53. The molecule has 0 N–H and O–H groups in total. The third-order valence-corrected chi connectivity index (χ3v) is 4.49. The topological polar surface area (TPSA) is 29.0 Å². The number of aromatic nitrogens is 2. The van der Waals surface area contributed by atoms with Gasteiger partial charge in [0.25, 0.3) is 0 Å². The summed E-state index contributed by atoms with van der Waals surface area (Å²) in [5.74, 6) is 1.02. The van der Waals surface area contributed by atoms with Crippen molar-refractivity contribution in [2.24, 2.45) is 0 Å². The Morgan fingerprint density at radius 1 is 1.35 bits per heavy atom. The minimum Gasteiger partial charge on any atom is -0.356 e. The highest BCUT2D eigenvalue weighted by atomic mass is 35.5. The molecule has 1 saturated heterocycles. The van der Waals surface area contributed by atoms with Crippen LogP contribution in [0.2, 0.25) is 5.28 Å². The van der Waals surface area contributed by atoms with Crippen molar-refractivity contribution in [2.75, 3.05) is 18.0 Å². The van der Waals surface area contributed by atoms with E-state index in [2.05, 4.69) is 27.9 Å². The van der Waals surface area contributed by atoms with Crippen molar-refractivity contribution in [3.05, 3.63) is 16.2 Å². The van der Waals surface area contributed by atoms with E-state index < -0.39 is 0 Å². The lowest BCUT2D eigenvalue weighted by molar-refractivity contribution is 0.940. The van der Waals surface area contributed by atoms with Crippen molar-refractivity contribution in [3.8, 4) is 0 Å². The van der Waals surface area contributed by atoms with Crippen LogP contribution in [-0.4, -0.2) is 23.1 Å². The number of hydrogen-bond donors (Lipinski definition) is 0. The molecule has 0 bridgehead atoms. The van der Waals surface area contributed by atoms with Crippen LogP contribution in [0.3, 0.4) is 0 Å². The molecule has 1 aliphatic heterocycles. The number of anilines is 1. The number of nitrogens with zero attached hydrogens (tertiary/aromatic N) is 3. The minimum absolute atomic E-state index is 0.365. The summed E-state index contributed by atoms with van der Waals surface area (Å²) in [5.41, 5.74) is 0. The average Bonchev–Trinajstić information content (AvgIpc) is 2.96. The first-order valence-corrected chi connectivity index (χ1v) is 7.18. The Kier molecular flexibility index (Phi) is 2.92. The fraction of sp³-hybridized carbons (Fsp3) is 0.500. The van der Waals surface area contributed by atoms with E-state index in [-0.39, 0.29) is 0 Å². The molecule has 3 rings (SSSR count). The van der Waals surface area contributed by atoms with Gasteiger partial charge in [-0.1, -0.05) is 6.92 Å². The number of fused-ring (bicyclic) bond motifs is 1. The molecule has 3 heterocycles. The van der Waals surface area contributed by atoms with Crippen LogP contribution in [0.1, 0.15) is 24.6 Å². The second kappa shape index (κ2) is 4.42. The fourth-order valence-corrected chi connectivity index (χ4v) is 3.45. The molecular weight excluding hydrogens is 254 g/mol. The molecule has 5 heteroatoms. The molecule has 0 aromatic carbocycles. The first-order valence-electron chi connectivity index (χ1n) is 5.99. The van der Waals surface area contributed by atoms with Crippen LogP contribution in [0.25, 0.3) is 10.2 Å². The Labute approximate surface area is 109 Å². The Morgan fingerprint density at radius 3 is 2.82 bits per heavy atom. The quantitative estimate of drug-likeness (QED) is 0.780. The van der Waals surface area contributed by atoms with E-state index in [0.717, 1.165) is 35.5 Å². The zero-order chi connectivity index (χ0) is 11.8. The summed E-state index contributed by atoms with van der Waals surface area (Å²) in [7, 11) is 0. The molecule has 0 aliphatic carbocycles. The van der Waals surface area contributed by atoms with Gasteiger partial charge < -0.3 is 4.90 Å². The van der Waals surface area contributed by atoms with Gasteiger partial charge in [0.2, 0.25) is 5.28 Å². The number of thiophene rings is 1. The third kappa shape index (κ3) is 2.00. The Morgan fingerprint density at radius 2 is 2.12 bits per heavy atom. The standard InChI is InChI=1S/C12H14ClN3S/c1-2-8-7-9-10(16-5-3-4-6-16)14-12(13)15-11(9)17-8/h7H,2-6H2,1H3. The Balaban J connectivity index is 2.17. The molecule has 0 spiro atoms. The normalized spacial score (nSPS) is 16.0. The maximum atomic E-state index is 6.01. The van der Waals surface area contributed by atoms with E-state index in [1.54, 1.807) is 11.3 Å². The van der Waals surface area contributed by atoms with Crippen molar-refractivity contribution in [1.82, 2.24) is 9.97 Å². The lowest BCUT2D eigenvalue weighted by Gasteiger charge is -2.16. The van der Waals surface area contributed by atoms with Crippen LogP contribution < -0.4 is 4.90 Å². The average molecular weight is 268 g/mol. The largest absolute Gasteiger partial charge is 0.356 e. The van der Waals surface area contributed by atoms with Gasteiger partial charge >= 0.3 is 0 Å². The molecule has 0 amide bonds. The lowest BCUT2D eigenvalue weighted by Crippen LogP contribution is -2.19. The Bertz CT molecular complexity index is 546. The number of aryl methyl sites for hydroxylation is 1. The summed E-state index contributed by atoms with van der Waals surface area (Å²) in [4.78, 5) is 13.4. The van der Waals surface area contributed by atoms with Crippen molar-refractivity contribution < 1.29 is 0 Å². The molecule has 0 atom stereocenters. The van der Waals surface area contributed by atoms with Gasteiger partial charge in [-0.2, -0.15) is 4.98 Å². The second-order valence-electron chi connectivity index (χ2n) is 4.30. The molecule has 0 unspecified atom stereocenters. The van der Waals surface area contributed by atoms with Crippen molar-refractivity contribution in [1.29, 1.82) is 0 Å². The number of rotatable bonds is 2. The summed E-state index contributed by atoms with van der Waals surface area (Å²) >= 11 is 7.73. The molecule has 1 fully saturated rings. The molecule has 2 aromatic rings. The highest BCUT2D eigenvalue weighted by Crippen LogP contribution is 2.33. The van der Waals surface area contributed by atoms with E-state index >= 15 is 0 Å². The SMILES string of the molecule is CCc1cc2c(N3CCCC3)nc(Cl)nc2s1. The van der Waals surface area contributed by atoms with Gasteiger partial charge in [-0.3, -0.25) is 0 Å². The van der Waals surface area contributed by atoms with Gasteiger partial charge in [-0.25, -0.2) is 4.98 Å². The zero-order valence-corrected chi connectivity index (χ0v) is 11.3. The first-order chi connectivity index (χ1) is 8.28. The van der Waals surface area contributed by atoms with E-state index in [4.69, 9.17) is 11.6 Å². The van der Waals surface area contributed by atoms with Gasteiger partial charge in [-0.15, -0.1) is 11.3 Å². The van der Waals surface area contributed by atoms with Crippen molar-refractivity contribution in [3.63, 3.8) is 0 Å². The smallest absolute Gasteiger partial charge is 0.225 e. The Hall–Kier alpha value is -0.870. The summed E-state index contributed by atoms with van der Waals surface area (Å²) in [6.45, 7) is 4.33. The predicted molar refractivity (Wildman–Crippen MR) is 73.3 cm³/mol. The number of hydrogen-bond acceptors (Lipinski definition) is 4. The minimum atomic E-state index is 0.365. The van der Waals surface area contributed by atoms with E-state index in [1.807, 2.05) is 0 Å². The molecule has 0 radical (unpaired) electrons. The van der Waals surface area contributed by atoms with E-state index in [1.165, 1.54) is 17.7 Å². The lowest BCUT2D eigenvalue weighted by atomic mass is 10.3. The monoisotopic (exact) mass is 267 g/mol. The summed E-state index contributed by atoms with van der Waals surface area (Å²) in [6.07, 6.45) is 3.53. The molecule has 3 nitrogen and oxygen atoms in total. The van der Waals surface area contributed by atoms with E-state index in [0.29, 0.717) is 5.28 Å². The van der Waals surface area contributed by atoms with Crippen LogP contribution >= 0.6 is 22.9 Å². The molecule has 2 aromatic heterocycles.